The minimum Gasteiger partial charge on any atom is -0.369 e. The third-order valence-corrected chi connectivity index (χ3v) is 3.14. The number of ether oxygens (including phenoxy) is 1. The Hall–Kier alpha value is -0.310. The molecule has 3 heteroatoms. The van der Waals surface area contributed by atoms with Crippen molar-refractivity contribution in [3.8, 4) is 0 Å². The highest BCUT2D eigenvalue weighted by atomic mass is 35.5. The Bertz CT molecular complexity index is 262. The lowest BCUT2D eigenvalue weighted by molar-refractivity contribution is 0.0720. The lowest BCUT2D eigenvalue weighted by Crippen LogP contribution is -2.21. The maximum absolute atomic E-state index is 5.95. The summed E-state index contributed by atoms with van der Waals surface area (Å²) in [4.78, 5) is 0. The van der Waals surface area contributed by atoms with Gasteiger partial charge in [-0.3, -0.25) is 0 Å². The van der Waals surface area contributed by atoms with Crippen LogP contribution in [0.15, 0.2) is 23.8 Å². The van der Waals surface area contributed by atoms with E-state index in [1.165, 1.54) is 5.57 Å². The van der Waals surface area contributed by atoms with E-state index in [1.54, 1.807) is 0 Å². The van der Waals surface area contributed by atoms with Crippen LogP contribution in [0, 0.1) is 0 Å². The summed E-state index contributed by atoms with van der Waals surface area (Å²) in [5, 5.41) is 0.158. The summed E-state index contributed by atoms with van der Waals surface area (Å²) in [7, 11) is 0. The molecule has 2 N–H and O–H groups in total. The topological polar surface area (TPSA) is 35.2 Å². The van der Waals surface area contributed by atoms with E-state index in [0.717, 1.165) is 19.3 Å². The summed E-state index contributed by atoms with van der Waals surface area (Å²) in [6.07, 6.45) is 9.90. The summed E-state index contributed by atoms with van der Waals surface area (Å²) in [5.74, 6) is 0. The highest BCUT2D eigenvalue weighted by Crippen LogP contribution is 2.28. The van der Waals surface area contributed by atoms with Crippen molar-refractivity contribution in [3.05, 3.63) is 23.8 Å². The molecule has 3 atom stereocenters. The van der Waals surface area contributed by atoms with Crippen molar-refractivity contribution in [2.75, 3.05) is 6.54 Å². The summed E-state index contributed by atoms with van der Waals surface area (Å²) in [5.41, 5.74) is 6.84. The zero-order chi connectivity index (χ0) is 9.97. The molecule has 2 rings (SSSR count). The molecule has 14 heavy (non-hydrogen) atoms. The van der Waals surface area contributed by atoms with E-state index in [0.29, 0.717) is 6.54 Å². The van der Waals surface area contributed by atoms with Gasteiger partial charge < -0.3 is 10.5 Å². The van der Waals surface area contributed by atoms with Gasteiger partial charge in [0.05, 0.1) is 17.6 Å². The van der Waals surface area contributed by atoms with Gasteiger partial charge in [0.2, 0.25) is 0 Å². The Kier molecular flexibility index (Phi) is 3.26. The van der Waals surface area contributed by atoms with Crippen LogP contribution in [0.3, 0.4) is 0 Å². The Morgan fingerprint density at radius 1 is 1.50 bits per heavy atom. The van der Waals surface area contributed by atoms with Gasteiger partial charge in [0, 0.05) is 6.54 Å². The average Bonchev–Trinajstić information content (AvgIpc) is 2.67. The lowest BCUT2D eigenvalue weighted by Gasteiger charge is -2.17. The number of hydrogen-bond donors (Lipinski definition) is 1. The Morgan fingerprint density at radius 3 is 2.93 bits per heavy atom. The highest BCUT2D eigenvalue weighted by Gasteiger charge is 2.26. The van der Waals surface area contributed by atoms with Crippen molar-refractivity contribution < 1.29 is 4.74 Å². The third kappa shape index (κ3) is 2.19. The molecule has 3 unspecified atom stereocenters. The summed E-state index contributed by atoms with van der Waals surface area (Å²) < 4.78 is 5.80. The van der Waals surface area contributed by atoms with Gasteiger partial charge in [0.25, 0.3) is 0 Å². The van der Waals surface area contributed by atoms with E-state index < -0.39 is 0 Å². The molecule has 0 aromatic rings. The molecule has 0 bridgehead atoms. The van der Waals surface area contributed by atoms with E-state index in [2.05, 4.69) is 12.2 Å². The maximum atomic E-state index is 5.95. The fourth-order valence-corrected chi connectivity index (χ4v) is 2.14. The third-order valence-electron chi connectivity index (χ3n) is 2.82. The van der Waals surface area contributed by atoms with Crippen LogP contribution < -0.4 is 5.73 Å². The molecule has 2 nitrogen and oxygen atoms in total. The summed E-state index contributed by atoms with van der Waals surface area (Å²) >= 11 is 5.95. The molecule has 1 heterocycles. The normalized spacial score (nSPS) is 37.3. The van der Waals surface area contributed by atoms with E-state index >= 15 is 0 Å². The molecule has 1 aliphatic heterocycles. The number of alkyl halides is 1. The van der Waals surface area contributed by atoms with Gasteiger partial charge in [-0.15, -0.1) is 11.6 Å². The number of allylic oxidation sites excluding steroid dienone is 2. The van der Waals surface area contributed by atoms with Gasteiger partial charge in [0.1, 0.15) is 0 Å². The van der Waals surface area contributed by atoms with Crippen LogP contribution in [0.1, 0.15) is 19.3 Å². The van der Waals surface area contributed by atoms with Crippen LogP contribution in [0.2, 0.25) is 0 Å². The molecule has 0 aromatic carbocycles. The van der Waals surface area contributed by atoms with Crippen molar-refractivity contribution in [2.45, 2.75) is 36.8 Å². The SMILES string of the molecule is NCC1CCC(C2=CCC(Cl)C=C2)O1. The molecular formula is C11H16ClNO. The van der Waals surface area contributed by atoms with Gasteiger partial charge in [-0.2, -0.15) is 0 Å². The van der Waals surface area contributed by atoms with Gasteiger partial charge in [-0.1, -0.05) is 18.2 Å². The predicted octanol–water partition coefficient (Wildman–Crippen LogP) is 1.99. The number of nitrogens with two attached hydrogens (primary N) is 1. The van der Waals surface area contributed by atoms with Gasteiger partial charge >= 0.3 is 0 Å². The van der Waals surface area contributed by atoms with Crippen molar-refractivity contribution in [3.63, 3.8) is 0 Å². The largest absolute Gasteiger partial charge is 0.369 e. The lowest BCUT2D eigenvalue weighted by atomic mass is 10.00. The number of halogens is 1. The van der Waals surface area contributed by atoms with Crippen molar-refractivity contribution >= 4 is 11.6 Å². The molecule has 1 fully saturated rings. The molecule has 0 aromatic heterocycles. The Morgan fingerprint density at radius 2 is 2.36 bits per heavy atom. The molecule has 0 amide bonds. The van der Waals surface area contributed by atoms with Crippen LogP contribution >= 0.6 is 11.6 Å². The second kappa shape index (κ2) is 4.47. The van der Waals surface area contributed by atoms with Crippen LogP contribution in [-0.2, 0) is 4.74 Å². The number of rotatable bonds is 2. The fraction of sp³-hybridized carbons (Fsp3) is 0.636. The van der Waals surface area contributed by atoms with Crippen LogP contribution in [0.25, 0.3) is 0 Å². The van der Waals surface area contributed by atoms with Crippen molar-refractivity contribution in [2.24, 2.45) is 5.73 Å². The van der Waals surface area contributed by atoms with E-state index in [1.807, 2.05) is 6.08 Å². The number of hydrogen-bond acceptors (Lipinski definition) is 2. The molecule has 2 aliphatic rings. The first-order valence-electron chi connectivity index (χ1n) is 5.17. The highest BCUT2D eigenvalue weighted by molar-refractivity contribution is 6.22. The monoisotopic (exact) mass is 213 g/mol. The van der Waals surface area contributed by atoms with E-state index in [4.69, 9.17) is 22.1 Å². The molecular weight excluding hydrogens is 198 g/mol. The van der Waals surface area contributed by atoms with Crippen LogP contribution in [0.5, 0.6) is 0 Å². The first-order valence-corrected chi connectivity index (χ1v) is 5.61. The average molecular weight is 214 g/mol. The minimum absolute atomic E-state index is 0.158. The van der Waals surface area contributed by atoms with Crippen LogP contribution in [-0.4, -0.2) is 24.1 Å². The van der Waals surface area contributed by atoms with E-state index in [9.17, 15) is 0 Å². The zero-order valence-corrected chi connectivity index (χ0v) is 8.91. The summed E-state index contributed by atoms with van der Waals surface area (Å²) in [6, 6.07) is 0. The Balaban J connectivity index is 1.94. The maximum Gasteiger partial charge on any atom is 0.0827 e. The van der Waals surface area contributed by atoms with E-state index in [-0.39, 0.29) is 17.6 Å². The second-order valence-electron chi connectivity index (χ2n) is 3.87. The first-order chi connectivity index (χ1) is 6.79. The quantitative estimate of drug-likeness (QED) is 0.712. The first kappa shape index (κ1) is 10.2. The zero-order valence-electron chi connectivity index (χ0n) is 8.16. The molecule has 0 radical (unpaired) electrons. The van der Waals surface area contributed by atoms with Crippen molar-refractivity contribution in [1.29, 1.82) is 0 Å². The van der Waals surface area contributed by atoms with Gasteiger partial charge in [-0.05, 0) is 24.8 Å². The van der Waals surface area contributed by atoms with Gasteiger partial charge in [0.15, 0.2) is 0 Å². The smallest absolute Gasteiger partial charge is 0.0827 e. The second-order valence-corrected chi connectivity index (χ2v) is 4.44. The molecule has 1 saturated heterocycles. The van der Waals surface area contributed by atoms with Gasteiger partial charge in [-0.25, -0.2) is 0 Å². The minimum atomic E-state index is 0.158. The predicted molar refractivity (Wildman–Crippen MR) is 58.4 cm³/mol. The molecule has 0 saturated carbocycles. The summed E-state index contributed by atoms with van der Waals surface area (Å²) in [6.45, 7) is 0.631. The van der Waals surface area contributed by atoms with Crippen LogP contribution in [0.4, 0.5) is 0 Å². The van der Waals surface area contributed by atoms with Crippen molar-refractivity contribution in [1.82, 2.24) is 0 Å². The Labute approximate surface area is 89.8 Å². The standard InChI is InChI=1S/C11H16ClNO/c12-9-3-1-8(2-4-9)11-6-5-10(7-13)14-11/h1-3,9-11H,4-7,13H2. The fourth-order valence-electron chi connectivity index (χ4n) is 1.97. The molecule has 78 valence electrons. The molecule has 0 spiro atoms. The molecule has 1 aliphatic carbocycles.